The Hall–Kier alpha value is -1.17. The Bertz CT molecular complexity index is 477. The maximum absolute atomic E-state index is 14.4. The van der Waals surface area contributed by atoms with Crippen molar-refractivity contribution < 1.29 is 9.13 Å². The van der Waals surface area contributed by atoms with Gasteiger partial charge in [-0.05, 0) is 19.1 Å². The van der Waals surface area contributed by atoms with Gasteiger partial charge in [0.25, 0.3) is 0 Å². The first-order valence-electron chi connectivity index (χ1n) is 7.79. The van der Waals surface area contributed by atoms with E-state index in [1.54, 1.807) is 6.07 Å². The van der Waals surface area contributed by atoms with Gasteiger partial charge in [-0.2, -0.15) is 0 Å². The van der Waals surface area contributed by atoms with Gasteiger partial charge in [0, 0.05) is 56.6 Å². The first kappa shape index (κ1) is 14.8. The van der Waals surface area contributed by atoms with E-state index >= 15 is 0 Å². The Morgan fingerprint density at radius 3 is 2.81 bits per heavy atom. The van der Waals surface area contributed by atoms with Gasteiger partial charge in [0.05, 0.1) is 13.2 Å². The van der Waals surface area contributed by atoms with Gasteiger partial charge in [0.1, 0.15) is 5.82 Å². The molecule has 4 nitrogen and oxygen atoms in total. The number of hydrogen-bond donors (Lipinski definition) is 1. The van der Waals surface area contributed by atoms with E-state index in [1.165, 1.54) is 0 Å². The van der Waals surface area contributed by atoms with Crippen LogP contribution in [0.2, 0.25) is 0 Å². The minimum atomic E-state index is -0.0924. The molecule has 0 aliphatic carbocycles. The van der Waals surface area contributed by atoms with E-state index in [9.17, 15) is 4.39 Å². The van der Waals surface area contributed by atoms with E-state index in [0.29, 0.717) is 12.6 Å². The van der Waals surface area contributed by atoms with E-state index in [2.05, 4.69) is 22.0 Å². The largest absolute Gasteiger partial charge is 0.378 e. The van der Waals surface area contributed by atoms with Crippen LogP contribution in [0, 0.1) is 5.82 Å². The van der Waals surface area contributed by atoms with Crippen molar-refractivity contribution in [3.05, 3.63) is 29.6 Å². The van der Waals surface area contributed by atoms with Crippen LogP contribution in [0.3, 0.4) is 0 Å². The fraction of sp³-hybridized carbons (Fsp3) is 0.625. The van der Waals surface area contributed by atoms with Crippen molar-refractivity contribution >= 4 is 5.69 Å². The fourth-order valence-electron chi connectivity index (χ4n) is 3.08. The number of ether oxygens (including phenoxy) is 1. The van der Waals surface area contributed by atoms with Crippen molar-refractivity contribution in [1.82, 2.24) is 10.2 Å². The molecule has 21 heavy (non-hydrogen) atoms. The molecule has 116 valence electrons. The van der Waals surface area contributed by atoms with Gasteiger partial charge < -0.3 is 15.0 Å². The van der Waals surface area contributed by atoms with Gasteiger partial charge in [-0.25, -0.2) is 4.39 Å². The quantitative estimate of drug-likeness (QED) is 0.913. The van der Waals surface area contributed by atoms with E-state index < -0.39 is 0 Å². The number of nitrogens with zero attached hydrogens (tertiary/aromatic N) is 2. The normalized spacial score (nSPS) is 24.3. The molecule has 1 N–H and O–H groups in total. The molecule has 5 heteroatoms. The molecule has 0 aromatic heterocycles. The minimum Gasteiger partial charge on any atom is -0.378 e. The van der Waals surface area contributed by atoms with Crippen LogP contribution < -0.4 is 10.2 Å². The zero-order chi connectivity index (χ0) is 14.7. The highest BCUT2D eigenvalue weighted by atomic mass is 19.1. The van der Waals surface area contributed by atoms with Gasteiger partial charge in [0.15, 0.2) is 0 Å². The van der Waals surface area contributed by atoms with Gasteiger partial charge in [-0.3, -0.25) is 4.90 Å². The van der Waals surface area contributed by atoms with Crippen molar-refractivity contribution in [1.29, 1.82) is 0 Å². The molecule has 1 atom stereocenters. The lowest BCUT2D eigenvalue weighted by Crippen LogP contribution is -2.48. The molecule has 2 heterocycles. The highest BCUT2D eigenvalue weighted by molar-refractivity contribution is 5.48. The first-order valence-corrected chi connectivity index (χ1v) is 7.79. The summed E-state index contributed by atoms with van der Waals surface area (Å²) in [6.07, 6.45) is 0. The van der Waals surface area contributed by atoms with Crippen molar-refractivity contribution in [2.75, 3.05) is 50.8 Å². The molecule has 2 fully saturated rings. The summed E-state index contributed by atoms with van der Waals surface area (Å²) in [6.45, 7) is 8.94. The van der Waals surface area contributed by atoms with Gasteiger partial charge in [0.2, 0.25) is 0 Å². The maximum atomic E-state index is 14.4. The summed E-state index contributed by atoms with van der Waals surface area (Å²) < 4.78 is 19.7. The second-order valence-corrected chi connectivity index (χ2v) is 5.97. The third kappa shape index (κ3) is 3.73. The third-order valence-electron chi connectivity index (χ3n) is 4.26. The lowest BCUT2D eigenvalue weighted by molar-refractivity contribution is 0.122. The summed E-state index contributed by atoms with van der Waals surface area (Å²) >= 11 is 0. The van der Waals surface area contributed by atoms with Crippen molar-refractivity contribution in [3.8, 4) is 0 Å². The summed E-state index contributed by atoms with van der Waals surface area (Å²) in [7, 11) is 0. The Labute approximate surface area is 125 Å². The molecule has 3 rings (SSSR count). The highest BCUT2D eigenvalue weighted by Gasteiger charge is 2.18. The summed E-state index contributed by atoms with van der Waals surface area (Å²) in [6, 6.07) is 6.13. The van der Waals surface area contributed by atoms with Crippen LogP contribution in [0.1, 0.15) is 12.5 Å². The van der Waals surface area contributed by atoms with Crippen molar-refractivity contribution in [3.63, 3.8) is 0 Å². The Morgan fingerprint density at radius 1 is 1.29 bits per heavy atom. The average Bonchev–Trinajstić information content (AvgIpc) is 2.50. The Balaban J connectivity index is 1.66. The zero-order valence-corrected chi connectivity index (χ0v) is 12.6. The molecule has 0 amide bonds. The van der Waals surface area contributed by atoms with E-state index in [1.807, 2.05) is 12.1 Å². The molecule has 0 saturated carbocycles. The molecule has 0 spiro atoms. The second kappa shape index (κ2) is 6.73. The molecule has 2 aliphatic rings. The molecule has 1 unspecified atom stereocenters. The second-order valence-electron chi connectivity index (χ2n) is 5.97. The SMILES string of the molecule is CC1CN(Cc2ccc(N3CCOCC3)cc2F)CCN1. The van der Waals surface area contributed by atoms with Crippen LogP contribution in [0.15, 0.2) is 18.2 Å². The highest BCUT2D eigenvalue weighted by Crippen LogP contribution is 2.21. The summed E-state index contributed by atoms with van der Waals surface area (Å²) in [4.78, 5) is 4.50. The summed E-state index contributed by atoms with van der Waals surface area (Å²) in [5.74, 6) is -0.0924. The third-order valence-corrected chi connectivity index (χ3v) is 4.26. The molecule has 0 radical (unpaired) electrons. The first-order chi connectivity index (χ1) is 10.2. The predicted molar refractivity (Wildman–Crippen MR) is 82.2 cm³/mol. The Morgan fingerprint density at radius 2 is 2.10 bits per heavy atom. The smallest absolute Gasteiger partial charge is 0.129 e. The average molecular weight is 293 g/mol. The molecule has 1 aromatic carbocycles. The zero-order valence-electron chi connectivity index (χ0n) is 12.6. The van der Waals surface area contributed by atoms with Crippen LogP contribution in [0.5, 0.6) is 0 Å². The number of halogens is 1. The molecular weight excluding hydrogens is 269 g/mol. The Kier molecular flexibility index (Phi) is 4.73. The number of hydrogen-bond acceptors (Lipinski definition) is 4. The van der Waals surface area contributed by atoms with Crippen LogP contribution in [-0.4, -0.2) is 56.9 Å². The number of piperazine rings is 1. The number of rotatable bonds is 3. The molecule has 2 saturated heterocycles. The van der Waals surface area contributed by atoms with E-state index in [0.717, 1.165) is 57.2 Å². The number of benzene rings is 1. The van der Waals surface area contributed by atoms with Crippen LogP contribution in [0.4, 0.5) is 10.1 Å². The maximum Gasteiger partial charge on any atom is 0.129 e. The number of nitrogens with one attached hydrogen (secondary N) is 1. The topological polar surface area (TPSA) is 27.7 Å². The molecule has 2 aliphatic heterocycles. The van der Waals surface area contributed by atoms with Gasteiger partial charge >= 0.3 is 0 Å². The standard InChI is InChI=1S/C16H24FN3O/c1-13-11-19(5-4-18-13)12-14-2-3-15(10-16(14)17)20-6-8-21-9-7-20/h2-3,10,13,18H,4-9,11-12H2,1H3. The lowest BCUT2D eigenvalue weighted by Gasteiger charge is -2.32. The minimum absolute atomic E-state index is 0.0924. The lowest BCUT2D eigenvalue weighted by atomic mass is 10.1. The van der Waals surface area contributed by atoms with Gasteiger partial charge in [-0.1, -0.05) is 6.07 Å². The van der Waals surface area contributed by atoms with Crippen LogP contribution >= 0.6 is 0 Å². The monoisotopic (exact) mass is 293 g/mol. The van der Waals surface area contributed by atoms with Crippen LogP contribution in [-0.2, 0) is 11.3 Å². The van der Waals surface area contributed by atoms with E-state index in [4.69, 9.17) is 4.74 Å². The van der Waals surface area contributed by atoms with Crippen molar-refractivity contribution in [2.45, 2.75) is 19.5 Å². The molecular formula is C16H24FN3O. The number of morpholine rings is 1. The van der Waals surface area contributed by atoms with Crippen molar-refractivity contribution in [2.24, 2.45) is 0 Å². The summed E-state index contributed by atoms with van der Waals surface area (Å²) in [5.41, 5.74) is 1.76. The number of anilines is 1. The molecule has 0 bridgehead atoms. The summed E-state index contributed by atoms with van der Waals surface area (Å²) in [5, 5.41) is 3.41. The predicted octanol–water partition coefficient (Wildman–Crippen LogP) is 1.46. The van der Waals surface area contributed by atoms with Gasteiger partial charge in [-0.15, -0.1) is 0 Å². The molecule has 1 aromatic rings. The fourth-order valence-corrected chi connectivity index (χ4v) is 3.08. The van der Waals surface area contributed by atoms with Crippen LogP contribution in [0.25, 0.3) is 0 Å². The van der Waals surface area contributed by atoms with E-state index in [-0.39, 0.29) is 5.82 Å².